The Morgan fingerprint density at radius 2 is 2.16 bits per heavy atom. The smallest absolute Gasteiger partial charge is 0.258 e. The minimum absolute atomic E-state index is 0.389. The molecule has 1 aromatic heterocycles. The Balaban J connectivity index is 2.66. The lowest BCUT2D eigenvalue weighted by Gasteiger charge is -2.02. The summed E-state index contributed by atoms with van der Waals surface area (Å²) in [5, 5.41) is 13.9. The van der Waals surface area contributed by atoms with Crippen molar-refractivity contribution in [3.05, 3.63) is 50.8 Å². The van der Waals surface area contributed by atoms with Gasteiger partial charge in [0, 0.05) is 0 Å². The first-order valence-electron chi connectivity index (χ1n) is 5.20. The summed E-state index contributed by atoms with van der Waals surface area (Å²) in [6.45, 7) is 1.79. The third-order valence-electron chi connectivity index (χ3n) is 2.47. The van der Waals surface area contributed by atoms with E-state index in [4.69, 9.17) is 11.6 Å². The van der Waals surface area contributed by atoms with Crippen molar-refractivity contribution in [2.75, 3.05) is 0 Å². The van der Waals surface area contributed by atoms with Crippen LogP contribution < -0.4 is 0 Å². The standard InChI is InChI=1S/C11H8ClF2N3O2/c1-6-3-2-4-7(5-6)16-10(12)9(17(18)19)8(15-16)11(13)14/h2-5,11H,1H3. The van der Waals surface area contributed by atoms with Crippen LogP contribution in [0.4, 0.5) is 14.5 Å². The first-order chi connectivity index (χ1) is 8.91. The zero-order valence-electron chi connectivity index (χ0n) is 9.68. The van der Waals surface area contributed by atoms with Gasteiger partial charge in [0.05, 0.1) is 10.6 Å². The molecule has 0 saturated carbocycles. The van der Waals surface area contributed by atoms with E-state index in [2.05, 4.69) is 5.10 Å². The minimum atomic E-state index is -3.07. The average Bonchev–Trinajstić information content (AvgIpc) is 2.67. The molecule has 0 aliphatic rings. The van der Waals surface area contributed by atoms with E-state index in [0.29, 0.717) is 5.69 Å². The molecule has 0 N–H and O–H groups in total. The summed E-state index contributed by atoms with van der Waals surface area (Å²) in [6.07, 6.45) is -3.07. The van der Waals surface area contributed by atoms with Crippen molar-refractivity contribution in [3.63, 3.8) is 0 Å². The summed E-state index contributed by atoms with van der Waals surface area (Å²) in [4.78, 5) is 9.84. The molecule has 0 unspecified atom stereocenters. The number of rotatable bonds is 3. The molecule has 0 fully saturated rings. The molecule has 2 rings (SSSR count). The quantitative estimate of drug-likeness (QED) is 0.639. The van der Waals surface area contributed by atoms with Gasteiger partial charge in [-0.05, 0) is 24.6 Å². The van der Waals surface area contributed by atoms with Crippen molar-refractivity contribution in [2.24, 2.45) is 0 Å². The maximum absolute atomic E-state index is 12.7. The van der Waals surface area contributed by atoms with Gasteiger partial charge in [0.25, 0.3) is 6.43 Å². The molecular weight excluding hydrogens is 280 g/mol. The lowest BCUT2D eigenvalue weighted by atomic mass is 10.2. The third-order valence-corrected chi connectivity index (χ3v) is 2.81. The Bertz CT molecular complexity index is 643. The Hall–Kier alpha value is -2.02. The molecule has 1 heterocycles. The fraction of sp³-hybridized carbons (Fsp3) is 0.182. The highest BCUT2D eigenvalue weighted by Gasteiger charge is 2.32. The number of alkyl halides is 2. The zero-order valence-corrected chi connectivity index (χ0v) is 10.4. The number of aromatic nitrogens is 2. The van der Waals surface area contributed by atoms with Crippen molar-refractivity contribution >= 4 is 17.3 Å². The Labute approximate surface area is 111 Å². The van der Waals surface area contributed by atoms with E-state index in [1.807, 2.05) is 0 Å². The maximum Gasteiger partial charge on any atom is 0.335 e. The largest absolute Gasteiger partial charge is 0.335 e. The lowest BCUT2D eigenvalue weighted by molar-refractivity contribution is -0.386. The second kappa shape index (κ2) is 4.93. The molecule has 19 heavy (non-hydrogen) atoms. The Kier molecular flexibility index (Phi) is 3.48. The van der Waals surface area contributed by atoms with Gasteiger partial charge < -0.3 is 0 Å². The third kappa shape index (κ3) is 2.41. The number of hydrogen-bond acceptors (Lipinski definition) is 3. The van der Waals surface area contributed by atoms with Crippen molar-refractivity contribution < 1.29 is 13.7 Å². The molecule has 0 amide bonds. The number of nitro groups is 1. The van der Waals surface area contributed by atoms with Crippen molar-refractivity contribution in [2.45, 2.75) is 13.3 Å². The van der Waals surface area contributed by atoms with E-state index in [1.54, 1.807) is 31.2 Å². The van der Waals surface area contributed by atoms with E-state index in [1.165, 1.54) is 0 Å². The topological polar surface area (TPSA) is 61.0 Å². The van der Waals surface area contributed by atoms with Crippen LogP contribution in [0, 0.1) is 17.0 Å². The monoisotopic (exact) mass is 287 g/mol. The van der Waals surface area contributed by atoms with Crippen LogP contribution >= 0.6 is 11.6 Å². The van der Waals surface area contributed by atoms with Gasteiger partial charge in [-0.15, -0.1) is 0 Å². The van der Waals surface area contributed by atoms with Crippen LogP contribution in [-0.4, -0.2) is 14.7 Å². The molecule has 0 aliphatic carbocycles. The van der Waals surface area contributed by atoms with Crippen LogP contribution in [-0.2, 0) is 0 Å². The van der Waals surface area contributed by atoms with Crippen LogP contribution in [0.15, 0.2) is 24.3 Å². The molecule has 0 bridgehead atoms. The van der Waals surface area contributed by atoms with Crippen LogP contribution in [0.25, 0.3) is 5.69 Å². The van der Waals surface area contributed by atoms with E-state index >= 15 is 0 Å². The minimum Gasteiger partial charge on any atom is -0.258 e. The second-order valence-corrected chi connectivity index (χ2v) is 4.19. The van der Waals surface area contributed by atoms with Crippen LogP contribution in [0.3, 0.4) is 0 Å². The van der Waals surface area contributed by atoms with Gasteiger partial charge in [0.15, 0.2) is 0 Å². The highest BCUT2D eigenvalue weighted by molar-refractivity contribution is 6.32. The fourth-order valence-corrected chi connectivity index (χ4v) is 1.95. The van der Waals surface area contributed by atoms with Crippen LogP contribution in [0.2, 0.25) is 5.15 Å². The number of halogens is 3. The number of hydrogen-bond donors (Lipinski definition) is 0. The van der Waals surface area contributed by atoms with E-state index in [-0.39, 0.29) is 0 Å². The van der Waals surface area contributed by atoms with Gasteiger partial charge in [0.1, 0.15) is 0 Å². The summed E-state index contributed by atoms with van der Waals surface area (Å²) in [5.41, 5.74) is -0.556. The molecule has 0 radical (unpaired) electrons. The SMILES string of the molecule is Cc1cccc(-n2nc(C(F)F)c([N+](=O)[O-])c2Cl)c1. The molecular formula is C11H8ClF2N3O2. The van der Waals surface area contributed by atoms with Crippen LogP contribution in [0.1, 0.15) is 17.7 Å². The average molecular weight is 288 g/mol. The molecule has 0 spiro atoms. The first kappa shape index (κ1) is 13.4. The summed E-state index contributed by atoms with van der Waals surface area (Å²) in [6, 6.07) is 6.68. The van der Waals surface area contributed by atoms with Gasteiger partial charge in [-0.2, -0.15) is 5.10 Å². The summed E-state index contributed by atoms with van der Waals surface area (Å²) >= 11 is 5.78. The fourth-order valence-electron chi connectivity index (χ4n) is 1.65. The molecule has 8 heteroatoms. The van der Waals surface area contributed by atoms with Gasteiger partial charge in [-0.25, -0.2) is 13.5 Å². The van der Waals surface area contributed by atoms with Crippen molar-refractivity contribution in [1.82, 2.24) is 9.78 Å². The molecule has 2 aromatic rings. The molecule has 1 aromatic carbocycles. The Morgan fingerprint density at radius 1 is 1.47 bits per heavy atom. The lowest BCUT2D eigenvalue weighted by Crippen LogP contribution is -1.98. The maximum atomic E-state index is 12.7. The van der Waals surface area contributed by atoms with Gasteiger partial charge in [-0.1, -0.05) is 23.7 Å². The molecule has 0 atom stereocenters. The number of nitrogens with zero attached hydrogens (tertiary/aromatic N) is 3. The summed E-state index contributed by atoms with van der Waals surface area (Å²) < 4.78 is 26.4. The second-order valence-electron chi connectivity index (χ2n) is 3.83. The first-order valence-corrected chi connectivity index (χ1v) is 5.57. The normalized spacial score (nSPS) is 11.0. The van der Waals surface area contributed by atoms with E-state index in [9.17, 15) is 18.9 Å². The molecule has 100 valence electrons. The van der Waals surface area contributed by atoms with Crippen molar-refractivity contribution in [3.8, 4) is 5.69 Å². The number of benzene rings is 1. The molecule has 0 aliphatic heterocycles. The molecule has 5 nitrogen and oxygen atoms in total. The van der Waals surface area contributed by atoms with Crippen LogP contribution in [0.5, 0.6) is 0 Å². The van der Waals surface area contributed by atoms with E-state index in [0.717, 1.165) is 10.2 Å². The summed E-state index contributed by atoms with van der Waals surface area (Å²) in [7, 11) is 0. The predicted molar refractivity (Wildman–Crippen MR) is 64.9 cm³/mol. The number of aryl methyl sites for hydroxylation is 1. The van der Waals surface area contributed by atoms with Crippen molar-refractivity contribution in [1.29, 1.82) is 0 Å². The van der Waals surface area contributed by atoms with Gasteiger partial charge >= 0.3 is 5.69 Å². The predicted octanol–water partition coefficient (Wildman–Crippen LogP) is 3.68. The van der Waals surface area contributed by atoms with Gasteiger partial charge in [0.2, 0.25) is 10.8 Å². The molecule has 0 saturated heterocycles. The highest BCUT2D eigenvalue weighted by atomic mass is 35.5. The van der Waals surface area contributed by atoms with E-state index < -0.39 is 27.9 Å². The van der Waals surface area contributed by atoms with Gasteiger partial charge in [-0.3, -0.25) is 10.1 Å². The highest BCUT2D eigenvalue weighted by Crippen LogP contribution is 2.35. The Morgan fingerprint density at radius 3 is 2.63 bits per heavy atom. The zero-order chi connectivity index (χ0) is 14.2. The summed E-state index contributed by atoms with van der Waals surface area (Å²) in [5.74, 6) is 0.